The van der Waals surface area contributed by atoms with E-state index in [1.807, 2.05) is 0 Å². The lowest BCUT2D eigenvalue weighted by molar-refractivity contribution is -0.0233. The molecule has 0 bridgehead atoms. The fourth-order valence-corrected chi connectivity index (χ4v) is 2.05. The Kier molecular flexibility index (Phi) is 2.56. The van der Waals surface area contributed by atoms with Crippen LogP contribution in [0.4, 0.5) is 5.82 Å². The molecule has 0 aliphatic carbocycles. The minimum absolute atomic E-state index is 0.202. The van der Waals surface area contributed by atoms with Crippen LogP contribution in [0.3, 0.4) is 0 Å². The predicted molar refractivity (Wildman–Crippen MR) is 61.3 cm³/mol. The largest absolute Gasteiger partial charge is 0.386 e. The van der Waals surface area contributed by atoms with Crippen molar-refractivity contribution in [3.63, 3.8) is 0 Å². The molecule has 4 N–H and O–H groups in total. The molecule has 0 unspecified atom stereocenters. The number of anilines is 1. The van der Waals surface area contributed by atoms with Crippen LogP contribution in [0.5, 0.6) is 0 Å². The minimum atomic E-state index is -1.29. The van der Waals surface area contributed by atoms with Crippen molar-refractivity contribution < 1.29 is 14.9 Å². The van der Waals surface area contributed by atoms with Gasteiger partial charge in [-0.3, -0.25) is 4.57 Å². The van der Waals surface area contributed by atoms with E-state index in [9.17, 15) is 10.2 Å². The molecule has 1 aliphatic heterocycles. The first-order valence-electron chi connectivity index (χ1n) is 5.47. The highest BCUT2D eigenvalue weighted by Crippen LogP contribution is 2.31. The molecule has 3 rings (SSSR count). The summed E-state index contributed by atoms with van der Waals surface area (Å²) in [5, 5.41) is 28.4. The Morgan fingerprint density at radius 1 is 1.32 bits per heavy atom. The van der Waals surface area contributed by atoms with E-state index in [4.69, 9.17) is 15.7 Å². The van der Waals surface area contributed by atoms with Gasteiger partial charge in [0.15, 0.2) is 23.8 Å². The standard InChI is InChI=1S/C10H10N6O3/c11-1-4-6(17)7(18)10(19-4)16-3-15-5-8(12)13-2-14-9(5)16/h2-4,6-7,10,17-18H,(H2,12,13,14)/t4-,6-,7-,10-/m1/s1. The number of aliphatic hydroxyl groups excluding tert-OH is 2. The van der Waals surface area contributed by atoms with Gasteiger partial charge in [0.05, 0.1) is 12.4 Å². The first-order valence-corrected chi connectivity index (χ1v) is 5.47. The maximum atomic E-state index is 9.91. The van der Waals surface area contributed by atoms with Crippen LogP contribution in [-0.4, -0.2) is 48.0 Å². The lowest BCUT2D eigenvalue weighted by atomic mass is 10.1. The number of ether oxygens (including phenoxy) is 1. The number of hydrogen-bond acceptors (Lipinski definition) is 8. The van der Waals surface area contributed by atoms with Crippen LogP contribution in [0.1, 0.15) is 6.23 Å². The number of hydrogen-bond donors (Lipinski definition) is 3. The predicted octanol–water partition coefficient (Wildman–Crippen LogP) is -1.45. The normalized spacial score (nSPS) is 30.6. The van der Waals surface area contributed by atoms with Crippen LogP contribution in [0.25, 0.3) is 11.2 Å². The molecule has 0 amide bonds. The van der Waals surface area contributed by atoms with E-state index in [0.717, 1.165) is 0 Å². The summed E-state index contributed by atoms with van der Waals surface area (Å²) in [6.07, 6.45) is -1.95. The van der Waals surface area contributed by atoms with Gasteiger partial charge in [-0.05, 0) is 0 Å². The Hall–Kier alpha value is -2.28. The fraction of sp³-hybridized carbons (Fsp3) is 0.400. The van der Waals surface area contributed by atoms with E-state index in [1.54, 1.807) is 6.07 Å². The topological polar surface area (TPSA) is 143 Å². The van der Waals surface area contributed by atoms with Crippen LogP contribution >= 0.6 is 0 Å². The molecule has 3 heterocycles. The highest BCUT2D eigenvalue weighted by molar-refractivity contribution is 5.81. The molecule has 19 heavy (non-hydrogen) atoms. The number of nitrogens with zero attached hydrogens (tertiary/aromatic N) is 5. The number of fused-ring (bicyclic) bond motifs is 1. The summed E-state index contributed by atoms with van der Waals surface area (Å²) >= 11 is 0. The molecule has 4 atom stereocenters. The number of imidazole rings is 1. The zero-order valence-electron chi connectivity index (χ0n) is 9.58. The summed E-state index contributed by atoms with van der Waals surface area (Å²) < 4.78 is 6.70. The van der Waals surface area contributed by atoms with E-state index in [0.29, 0.717) is 11.2 Å². The Bertz CT molecular complexity index is 665. The Morgan fingerprint density at radius 3 is 2.79 bits per heavy atom. The fourth-order valence-electron chi connectivity index (χ4n) is 2.05. The van der Waals surface area contributed by atoms with Crippen molar-refractivity contribution in [2.24, 2.45) is 0 Å². The molecule has 98 valence electrons. The maximum absolute atomic E-state index is 9.91. The van der Waals surface area contributed by atoms with E-state index >= 15 is 0 Å². The molecule has 0 spiro atoms. The molecule has 0 aromatic carbocycles. The van der Waals surface area contributed by atoms with E-state index < -0.39 is 24.5 Å². The molecule has 0 saturated carbocycles. The summed E-state index contributed by atoms with van der Waals surface area (Å²) in [5.74, 6) is 0.202. The van der Waals surface area contributed by atoms with E-state index in [2.05, 4.69) is 15.0 Å². The van der Waals surface area contributed by atoms with Crippen molar-refractivity contribution in [2.75, 3.05) is 5.73 Å². The van der Waals surface area contributed by atoms with E-state index in [1.165, 1.54) is 17.2 Å². The number of nitrogens with two attached hydrogens (primary N) is 1. The van der Waals surface area contributed by atoms with Crippen LogP contribution in [0.2, 0.25) is 0 Å². The van der Waals surface area contributed by atoms with E-state index in [-0.39, 0.29) is 5.82 Å². The first-order chi connectivity index (χ1) is 9.13. The van der Waals surface area contributed by atoms with Crippen LogP contribution in [-0.2, 0) is 4.74 Å². The van der Waals surface area contributed by atoms with Gasteiger partial charge in [0, 0.05) is 0 Å². The second-order valence-corrected chi connectivity index (χ2v) is 4.14. The lowest BCUT2D eigenvalue weighted by Gasteiger charge is -2.15. The molecule has 1 aliphatic rings. The zero-order valence-corrected chi connectivity index (χ0v) is 9.58. The third-order valence-electron chi connectivity index (χ3n) is 3.03. The number of nitriles is 1. The molecular formula is C10H10N6O3. The summed E-state index contributed by atoms with van der Waals surface area (Å²) in [6, 6.07) is 1.77. The SMILES string of the molecule is N#C[C@H]1O[C@@H](n2cnc3c(N)ncnc32)[C@H](O)[C@@H]1O. The summed E-state index contributed by atoms with van der Waals surface area (Å²) in [4.78, 5) is 11.8. The van der Waals surface area contributed by atoms with Gasteiger partial charge in [0.2, 0.25) is 0 Å². The Morgan fingerprint density at radius 2 is 2.11 bits per heavy atom. The van der Waals surface area contributed by atoms with Crippen molar-refractivity contribution in [1.29, 1.82) is 5.26 Å². The maximum Gasteiger partial charge on any atom is 0.175 e. The molecule has 2 aromatic rings. The number of rotatable bonds is 1. The molecule has 1 fully saturated rings. The molecular weight excluding hydrogens is 252 g/mol. The Balaban J connectivity index is 2.07. The van der Waals surface area contributed by atoms with Crippen molar-refractivity contribution >= 4 is 17.0 Å². The van der Waals surface area contributed by atoms with Gasteiger partial charge in [0.25, 0.3) is 0 Å². The average molecular weight is 262 g/mol. The lowest BCUT2D eigenvalue weighted by Crippen LogP contribution is -2.30. The third-order valence-corrected chi connectivity index (χ3v) is 3.03. The molecule has 1 saturated heterocycles. The monoisotopic (exact) mass is 262 g/mol. The minimum Gasteiger partial charge on any atom is -0.386 e. The van der Waals surface area contributed by atoms with Crippen molar-refractivity contribution in [3.05, 3.63) is 12.7 Å². The molecule has 9 heteroatoms. The Labute approximate surface area is 106 Å². The number of aromatic nitrogens is 4. The van der Waals surface area contributed by atoms with Gasteiger partial charge in [-0.1, -0.05) is 0 Å². The second kappa shape index (κ2) is 4.13. The third kappa shape index (κ3) is 1.62. The summed E-state index contributed by atoms with van der Waals surface area (Å²) in [7, 11) is 0. The highest BCUT2D eigenvalue weighted by Gasteiger charge is 2.44. The van der Waals surface area contributed by atoms with Crippen LogP contribution in [0, 0.1) is 11.3 Å². The molecule has 9 nitrogen and oxygen atoms in total. The highest BCUT2D eigenvalue weighted by atomic mass is 16.6. The first kappa shape index (κ1) is 11.8. The number of nitrogen functional groups attached to an aromatic ring is 1. The van der Waals surface area contributed by atoms with Crippen molar-refractivity contribution in [1.82, 2.24) is 19.5 Å². The average Bonchev–Trinajstić information content (AvgIpc) is 2.94. The summed E-state index contributed by atoms with van der Waals surface area (Å²) in [6.45, 7) is 0. The second-order valence-electron chi connectivity index (χ2n) is 4.14. The molecule has 0 radical (unpaired) electrons. The van der Waals surface area contributed by atoms with Gasteiger partial charge in [-0.2, -0.15) is 5.26 Å². The van der Waals surface area contributed by atoms with Gasteiger partial charge in [0.1, 0.15) is 24.1 Å². The number of aliphatic hydroxyl groups is 2. The van der Waals surface area contributed by atoms with Crippen LogP contribution < -0.4 is 5.73 Å². The van der Waals surface area contributed by atoms with Gasteiger partial charge in [-0.15, -0.1) is 0 Å². The summed E-state index contributed by atoms with van der Waals surface area (Å²) in [5.41, 5.74) is 6.38. The van der Waals surface area contributed by atoms with Crippen molar-refractivity contribution in [3.8, 4) is 6.07 Å². The quantitative estimate of drug-likeness (QED) is 0.566. The van der Waals surface area contributed by atoms with Crippen LogP contribution in [0.15, 0.2) is 12.7 Å². The van der Waals surface area contributed by atoms with Gasteiger partial charge in [-0.25, -0.2) is 15.0 Å². The molecule has 2 aromatic heterocycles. The van der Waals surface area contributed by atoms with Gasteiger partial charge >= 0.3 is 0 Å². The zero-order chi connectivity index (χ0) is 13.6. The smallest absolute Gasteiger partial charge is 0.175 e. The van der Waals surface area contributed by atoms with Crippen molar-refractivity contribution in [2.45, 2.75) is 24.5 Å². The van der Waals surface area contributed by atoms with Gasteiger partial charge < -0.3 is 20.7 Å².